The van der Waals surface area contributed by atoms with Crippen molar-refractivity contribution in [1.82, 2.24) is 4.98 Å². The van der Waals surface area contributed by atoms with Gasteiger partial charge in [0.25, 0.3) is 0 Å². The van der Waals surface area contributed by atoms with Crippen molar-refractivity contribution in [3.63, 3.8) is 0 Å². The summed E-state index contributed by atoms with van der Waals surface area (Å²) in [7, 11) is 0. The smallest absolute Gasteiger partial charge is 0.419 e. The van der Waals surface area contributed by atoms with Crippen LogP contribution in [0.3, 0.4) is 0 Å². The molecule has 2 aliphatic carbocycles. The summed E-state index contributed by atoms with van der Waals surface area (Å²) < 4.78 is 48.2. The van der Waals surface area contributed by atoms with E-state index in [4.69, 9.17) is 4.74 Å². The van der Waals surface area contributed by atoms with Crippen LogP contribution in [-0.2, 0) is 26.3 Å². The van der Waals surface area contributed by atoms with Crippen LogP contribution in [0.15, 0.2) is 60.5 Å². The first-order valence-corrected chi connectivity index (χ1v) is 19.5. The number of halogens is 3. The van der Waals surface area contributed by atoms with Crippen LogP contribution in [0.2, 0.25) is 0 Å². The van der Waals surface area contributed by atoms with Crippen LogP contribution < -0.4 is 4.74 Å². The number of ether oxygens (including phenoxy) is 1. The number of aromatic nitrogens is 1. The van der Waals surface area contributed by atoms with E-state index in [1.54, 1.807) is 18.3 Å². The summed E-state index contributed by atoms with van der Waals surface area (Å²) in [5.74, 6) is 1.59. The normalized spacial score (nSPS) is 16.5. The number of alkyl halides is 3. The van der Waals surface area contributed by atoms with E-state index in [0.717, 1.165) is 78.8 Å². The first kappa shape index (κ1) is 42.5. The second kappa shape index (κ2) is 19.9. The van der Waals surface area contributed by atoms with Gasteiger partial charge in [-0.05, 0) is 83.5 Å². The van der Waals surface area contributed by atoms with Crippen LogP contribution in [0.25, 0.3) is 32.8 Å². The number of fused-ring (bicyclic) bond motifs is 3. The molecule has 4 nitrogen and oxygen atoms in total. The second-order valence-corrected chi connectivity index (χ2v) is 15.0. The minimum atomic E-state index is -4.52. The van der Waals surface area contributed by atoms with Crippen LogP contribution in [0.4, 0.5) is 13.2 Å². The Hall–Kier alpha value is -3.22. The number of aliphatic hydroxyl groups is 1. The van der Waals surface area contributed by atoms with Gasteiger partial charge < -0.3 is 14.8 Å². The third-order valence-electron chi connectivity index (χ3n) is 10.9. The molecule has 1 aromatic heterocycles. The molecule has 0 spiro atoms. The number of aryl methyl sites for hydroxylation is 2. The number of allylic oxidation sites excluding steroid dienone is 2. The molecule has 2 aliphatic rings. The summed E-state index contributed by atoms with van der Waals surface area (Å²) in [4.78, 5) is 14.6. The molecule has 1 unspecified atom stereocenters. The molecular formula is C45H56F3IrNO3. The fraction of sp³-hybridized carbons (Fsp3) is 0.511. The summed E-state index contributed by atoms with van der Waals surface area (Å²) in [5.41, 5.74) is 2.89. The van der Waals surface area contributed by atoms with Crippen molar-refractivity contribution in [1.29, 1.82) is 0 Å². The zero-order valence-corrected chi connectivity index (χ0v) is 34.1. The summed E-state index contributed by atoms with van der Waals surface area (Å²) in [6, 6.07) is 15.7. The van der Waals surface area contributed by atoms with Gasteiger partial charge in [0, 0.05) is 32.2 Å². The van der Waals surface area contributed by atoms with Crippen molar-refractivity contribution in [2.45, 2.75) is 124 Å². The number of hydrogen-bond donors (Lipinski definition) is 1. The van der Waals surface area contributed by atoms with Gasteiger partial charge in [-0.25, -0.2) is 0 Å². The molecule has 8 heteroatoms. The van der Waals surface area contributed by atoms with Crippen LogP contribution in [-0.4, -0.2) is 27.3 Å². The van der Waals surface area contributed by atoms with E-state index < -0.39 is 11.7 Å². The number of pyridine rings is 1. The largest absolute Gasteiger partial charge is 0.512 e. The Kier molecular flexibility index (Phi) is 16.0. The molecule has 3 aromatic carbocycles. The topological polar surface area (TPSA) is 63.8 Å². The Bertz CT molecular complexity index is 1820. The fourth-order valence-electron chi connectivity index (χ4n) is 7.88. The third-order valence-corrected chi connectivity index (χ3v) is 10.9. The van der Waals surface area contributed by atoms with Gasteiger partial charge in [-0.3, -0.25) is 4.79 Å². The number of nitrogens with zero attached hydrogens (tertiary/aromatic N) is 1. The number of ketones is 1. The van der Waals surface area contributed by atoms with E-state index in [9.17, 15) is 23.1 Å². The molecule has 53 heavy (non-hydrogen) atoms. The Balaban J connectivity index is 0.000000292. The maximum Gasteiger partial charge on any atom is 0.419 e. The van der Waals surface area contributed by atoms with E-state index in [-0.39, 0.29) is 38.4 Å². The Morgan fingerprint density at radius 2 is 1.60 bits per heavy atom. The quantitative estimate of drug-likeness (QED) is 0.0536. The Morgan fingerprint density at radius 1 is 0.925 bits per heavy atom. The Labute approximate surface area is 327 Å². The van der Waals surface area contributed by atoms with Crippen molar-refractivity contribution in [3.8, 4) is 17.0 Å². The number of hydrogen-bond acceptors (Lipinski definition) is 3. The molecule has 0 aliphatic heterocycles. The standard InChI is InChI=1S/C30H31F3NO.C15H24O2.Ir/c1-5-7-8-21(6-2)18-35-28-16-22-9-10-25-24(26(22)17-27(28)30(31,32)33)11-12-34-29(25)23-14-19(3)13-20(4)15-23;16-14(12-7-3-1-4-8-12)11-15(17)13-9-5-2-6-10-13;/h9-14,16-17,21H,5-8,18H2,1-4H3;11-13,16H,1-10H2;/q-1;;/p+1/b;14-11-;. The number of benzene rings is 3. The number of rotatable bonds is 11. The van der Waals surface area contributed by atoms with Crippen molar-refractivity contribution in [2.24, 2.45) is 17.8 Å². The van der Waals surface area contributed by atoms with Crippen LogP contribution in [0, 0.1) is 37.7 Å². The van der Waals surface area contributed by atoms with Gasteiger partial charge >= 0.3 is 12.0 Å². The average Bonchev–Trinajstić information content (AvgIpc) is 3.14. The van der Waals surface area contributed by atoms with E-state index in [2.05, 4.69) is 24.9 Å². The second-order valence-electron chi connectivity index (χ2n) is 15.0. The molecule has 6 rings (SSSR count). The molecule has 289 valence electrons. The number of aliphatic hydroxyl groups excluding tert-OH is 1. The van der Waals surface area contributed by atoms with E-state index >= 15 is 0 Å². The van der Waals surface area contributed by atoms with E-state index in [0.29, 0.717) is 39.8 Å². The molecule has 2 N–H and O–H groups in total. The van der Waals surface area contributed by atoms with Crippen molar-refractivity contribution >= 4 is 27.3 Å². The Morgan fingerprint density at radius 3 is 2.23 bits per heavy atom. The summed E-state index contributed by atoms with van der Waals surface area (Å²) in [6.45, 7) is 8.43. The predicted molar refractivity (Wildman–Crippen MR) is 208 cm³/mol. The number of unbranched alkanes of at least 4 members (excludes halogenated alkanes) is 1. The first-order chi connectivity index (χ1) is 25.0. The van der Waals surface area contributed by atoms with Gasteiger partial charge in [0.1, 0.15) is 11.5 Å². The van der Waals surface area contributed by atoms with E-state index in [1.165, 1.54) is 50.7 Å². The molecule has 2 fully saturated rings. The van der Waals surface area contributed by atoms with Crippen molar-refractivity contribution < 1.29 is 47.9 Å². The van der Waals surface area contributed by atoms with Crippen molar-refractivity contribution in [3.05, 3.63) is 83.3 Å². The minimum absolute atomic E-state index is 0. The molecule has 1 heterocycles. The van der Waals surface area contributed by atoms with Gasteiger partial charge in [0.2, 0.25) is 0 Å². The minimum Gasteiger partial charge on any atom is -0.512 e. The summed E-state index contributed by atoms with van der Waals surface area (Å²) in [6.07, 6.45) is 14.5. The molecule has 0 amide bonds. The van der Waals surface area contributed by atoms with Gasteiger partial charge in [0.15, 0.2) is 0 Å². The van der Waals surface area contributed by atoms with Gasteiger partial charge in [-0.15, -0.1) is 34.9 Å². The fourth-order valence-corrected chi connectivity index (χ4v) is 7.88. The maximum absolute atomic E-state index is 14.1. The molecule has 1 radical (unpaired) electrons. The zero-order chi connectivity index (χ0) is 37.3. The monoisotopic (exact) mass is 908 g/mol. The van der Waals surface area contributed by atoms with Gasteiger partial charge in [0.05, 0.1) is 24.2 Å². The van der Waals surface area contributed by atoms with Crippen LogP contribution >= 0.6 is 0 Å². The molecule has 1 atom stereocenters. The third kappa shape index (κ3) is 11.4. The molecular weight excluding hydrogens is 852 g/mol. The summed E-state index contributed by atoms with van der Waals surface area (Å²) in [5, 5.41) is 12.8. The predicted octanol–water partition coefficient (Wildman–Crippen LogP) is 13.2. The molecule has 2 saturated carbocycles. The summed E-state index contributed by atoms with van der Waals surface area (Å²) >= 11 is 0. The molecule has 4 aromatic rings. The van der Waals surface area contributed by atoms with Gasteiger partial charge in [-0.2, -0.15) is 13.2 Å². The van der Waals surface area contributed by atoms with Crippen LogP contribution in [0.1, 0.15) is 120 Å². The molecule has 0 saturated heterocycles. The van der Waals surface area contributed by atoms with E-state index in [1.807, 2.05) is 38.1 Å². The number of carbonyl (C=O) groups excluding carboxylic acids is 1. The average molecular weight is 908 g/mol. The van der Waals surface area contributed by atoms with Gasteiger partial charge in [-0.1, -0.05) is 97.6 Å². The van der Waals surface area contributed by atoms with Crippen molar-refractivity contribution in [2.75, 3.05) is 6.61 Å². The SMILES string of the molecule is CCCCC(CC)COc1cc2ccc3c(-c4[c-]c(C)cc(C)c4)nccc3c2cc1C(F)(F)F.O/C(=C\C(=[OH+])C1CCCCC1)C1CCCCC1.[Ir]. The first-order valence-electron chi connectivity index (χ1n) is 19.5. The molecule has 0 bridgehead atoms. The maximum atomic E-state index is 14.1. The van der Waals surface area contributed by atoms with Crippen LogP contribution in [0.5, 0.6) is 5.75 Å². The zero-order valence-electron chi connectivity index (χ0n) is 31.8.